The van der Waals surface area contributed by atoms with E-state index in [1.165, 1.54) is 10.4 Å². The SMILES string of the molecule is CCCc1c(CC)sc(N)c1C(=O)N1CCCC1. The van der Waals surface area contributed by atoms with E-state index in [2.05, 4.69) is 13.8 Å². The summed E-state index contributed by atoms with van der Waals surface area (Å²) in [5, 5.41) is 0.715. The van der Waals surface area contributed by atoms with Crippen LogP contribution in [-0.4, -0.2) is 23.9 Å². The van der Waals surface area contributed by atoms with E-state index in [1.54, 1.807) is 11.3 Å². The lowest BCUT2D eigenvalue weighted by Gasteiger charge is -2.16. The average molecular weight is 266 g/mol. The van der Waals surface area contributed by atoms with E-state index in [0.29, 0.717) is 5.00 Å². The molecule has 0 aliphatic carbocycles. The first kappa shape index (κ1) is 13.4. The molecular formula is C14H22N2OS. The molecule has 2 N–H and O–H groups in total. The lowest BCUT2D eigenvalue weighted by Crippen LogP contribution is -2.28. The van der Waals surface area contributed by atoms with Crippen LogP contribution in [0.4, 0.5) is 5.00 Å². The first-order valence-corrected chi connectivity index (χ1v) is 7.69. The van der Waals surface area contributed by atoms with Crippen molar-refractivity contribution in [3.63, 3.8) is 0 Å². The monoisotopic (exact) mass is 266 g/mol. The quantitative estimate of drug-likeness (QED) is 0.910. The second-order valence-corrected chi connectivity index (χ2v) is 5.98. The summed E-state index contributed by atoms with van der Waals surface area (Å²) in [5.74, 6) is 0.157. The first-order valence-electron chi connectivity index (χ1n) is 6.88. The maximum atomic E-state index is 12.5. The number of hydrogen-bond donors (Lipinski definition) is 1. The molecule has 1 aromatic heterocycles. The van der Waals surface area contributed by atoms with Gasteiger partial charge in [0.2, 0.25) is 0 Å². The molecule has 1 fully saturated rings. The Hall–Kier alpha value is -1.03. The Morgan fingerprint density at radius 1 is 1.33 bits per heavy atom. The van der Waals surface area contributed by atoms with Gasteiger partial charge >= 0.3 is 0 Å². The molecule has 1 saturated heterocycles. The zero-order valence-corrected chi connectivity index (χ0v) is 12.1. The van der Waals surface area contributed by atoms with Gasteiger partial charge in [-0.1, -0.05) is 20.3 Å². The fraction of sp³-hybridized carbons (Fsp3) is 0.643. The molecule has 0 spiro atoms. The third-order valence-corrected chi connectivity index (χ3v) is 4.75. The van der Waals surface area contributed by atoms with Crippen molar-refractivity contribution in [2.45, 2.75) is 46.0 Å². The van der Waals surface area contributed by atoms with Crippen LogP contribution >= 0.6 is 11.3 Å². The Labute approximate surface area is 113 Å². The molecule has 0 atom stereocenters. The minimum Gasteiger partial charge on any atom is -0.390 e. The molecule has 1 amide bonds. The summed E-state index contributed by atoms with van der Waals surface area (Å²) in [6, 6.07) is 0. The van der Waals surface area contributed by atoms with Crippen molar-refractivity contribution in [3.8, 4) is 0 Å². The van der Waals surface area contributed by atoms with Crippen LogP contribution in [0.5, 0.6) is 0 Å². The number of carbonyl (C=O) groups is 1. The summed E-state index contributed by atoms with van der Waals surface area (Å²) in [4.78, 5) is 15.8. The van der Waals surface area contributed by atoms with E-state index >= 15 is 0 Å². The second-order valence-electron chi connectivity index (χ2n) is 4.85. The van der Waals surface area contributed by atoms with Gasteiger partial charge in [-0.15, -0.1) is 11.3 Å². The maximum Gasteiger partial charge on any atom is 0.257 e. The van der Waals surface area contributed by atoms with Crippen LogP contribution in [0, 0.1) is 0 Å². The van der Waals surface area contributed by atoms with E-state index in [4.69, 9.17) is 5.73 Å². The summed E-state index contributed by atoms with van der Waals surface area (Å²) in [5.41, 5.74) is 8.10. The van der Waals surface area contributed by atoms with Crippen LogP contribution in [0.1, 0.15) is 53.9 Å². The molecular weight excluding hydrogens is 244 g/mol. The molecule has 2 heterocycles. The number of likely N-dealkylation sites (tertiary alicyclic amines) is 1. The fourth-order valence-electron chi connectivity index (χ4n) is 2.65. The lowest BCUT2D eigenvalue weighted by atomic mass is 10.0. The summed E-state index contributed by atoms with van der Waals surface area (Å²) in [7, 11) is 0. The average Bonchev–Trinajstić information content (AvgIpc) is 2.97. The molecule has 3 nitrogen and oxygen atoms in total. The summed E-state index contributed by atoms with van der Waals surface area (Å²) < 4.78 is 0. The Morgan fingerprint density at radius 2 is 2.00 bits per heavy atom. The molecule has 4 heteroatoms. The zero-order valence-electron chi connectivity index (χ0n) is 11.3. The summed E-state index contributed by atoms with van der Waals surface area (Å²) >= 11 is 1.60. The minimum absolute atomic E-state index is 0.157. The molecule has 0 bridgehead atoms. The third-order valence-electron chi connectivity index (χ3n) is 3.55. The van der Waals surface area contributed by atoms with Gasteiger partial charge in [-0.05, 0) is 31.2 Å². The van der Waals surface area contributed by atoms with Crippen molar-refractivity contribution >= 4 is 22.2 Å². The molecule has 100 valence electrons. The van der Waals surface area contributed by atoms with Crippen molar-refractivity contribution in [1.29, 1.82) is 0 Å². The van der Waals surface area contributed by atoms with Gasteiger partial charge in [-0.2, -0.15) is 0 Å². The van der Waals surface area contributed by atoms with Gasteiger partial charge in [0.15, 0.2) is 0 Å². The number of nitrogen functional groups attached to an aromatic ring is 1. The molecule has 18 heavy (non-hydrogen) atoms. The number of aryl methyl sites for hydroxylation is 1. The minimum atomic E-state index is 0.157. The molecule has 1 aromatic rings. The van der Waals surface area contributed by atoms with Crippen molar-refractivity contribution in [2.75, 3.05) is 18.8 Å². The van der Waals surface area contributed by atoms with Gasteiger partial charge in [0.25, 0.3) is 5.91 Å². The normalized spacial score (nSPS) is 15.3. The number of rotatable bonds is 4. The molecule has 1 aliphatic heterocycles. The molecule has 0 radical (unpaired) electrons. The Kier molecular flexibility index (Phi) is 4.27. The third kappa shape index (κ3) is 2.39. The highest BCUT2D eigenvalue weighted by molar-refractivity contribution is 7.16. The van der Waals surface area contributed by atoms with E-state index in [-0.39, 0.29) is 5.91 Å². The highest BCUT2D eigenvalue weighted by Gasteiger charge is 2.26. The fourth-order valence-corrected chi connectivity index (χ4v) is 3.70. The van der Waals surface area contributed by atoms with Crippen molar-refractivity contribution in [1.82, 2.24) is 4.90 Å². The van der Waals surface area contributed by atoms with Crippen molar-refractivity contribution < 1.29 is 4.79 Å². The molecule has 1 aliphatic rings. The highest BCUT2D eigenvalue weighted by atomic mass is 32.1. The van der Waals surface area contributed by atoms with E-state index < -0.39 is 0 Å². The molecule has 0 aromatic carbocycles. The Bertz CT molecular complexity index is 433. The predicted octanol–water partition coefficient (Wildman–Crippen LogP) is 3.08. The number of carbonyl (C=O) groups excluding carboxylic acids is 1. The number of nitrogens with zero attached hydrogens (tertiary/aromatic N) is 1. The van der Waals surface area contributed by atoms with Crippen LogP contribution < -0.4 is 5.73 Å². The van der Waals surface area contributed by atoms with Crippen molar-refractivity contribution in [3.05, 3.63) is 16.0 Å². The number of nitrogens with two attached hydrogens (primary N) is 1. The molecule has 0 saturated carbocycles. The van der Waals surface area contributed by atoms with E-state index in [9.17, 15) is 4.79 Å². The number of amides is 1. The summed E-state index contributed by atoms with van der Waals surface area (Å²) in [6.45, 7) is 6.06. The zero-order chi connectivity index (χ0) is 13.1. The van der Waals surface area contributed by atoms with Crippen LogP contribution in [-0.2, 0) is 12.8 Å². The van der Waals surface area contributed by atoms with Crippen LogP contribution in [0.3, 0.4) is 0 Å². The van der Waals surface area contributed by atoms with E-state index in [1.807, 2.05) is 4.90 Å². The predicted molar refractivity (Wildman–Crippen MR) is 77.2 cm³/mol. The maximum absolute atomic E-state index is 12.5. The highest BCUT2D eigenvalue weighted by Crippen LogP contribution is 2.34. The largest absolute Gasteiger partial charge is 0.390 e. The number of thiophene rings is 1. The molecule has 0 unspecified atom stereocenters. The van der Waals surface area contributed by atoms with Crippen molar-refractivity contribution in [2.24, 2.45) is 0 Å². The van der Waals surface area contributed by atoms with Gasteiger partial charge in [0, 0.05) is 18.0 Å². The second kappa shape index (κ2) is 5.74. The first-order chi connectivity index (χ1) is 8.69. The molecule has 2 rings (SSSR count). The van der Waals surface area contributed by atoms with Gasteiger partial charge in [-0.25, -0.2) is 0 Å². The topological polar surface area (TPSA) is 46.3 Å². The van der Waals surface area contributed by atoms with Crippen LogP contribution in [0.2, 0.25) is 0 Å². The smallest absolute Gasteiger partial charge is 0.257 e. The van der Waals surface area contributed by atoms with Gasteiger partial charge < -0.3 is 10.6 Å². The Morgan fingerprint density at radius 3 is 2.56 bits per heavy atom. The number of anilines is 1. The van der Waals surface area contributed by atoms with Gasteiger partial charge in [-0.3, -0.25) is 4.79 Å². The van der Waals surface area contributed by atoms with Crippen LogP contribution in [0.25, 0.3) is 0 Å². The van der Waals surface area contributed by atoms with Crippen LogP contribution in [0.15, 0.2) is 0 Å². The standard InChI is InChI=1S/C14H22N2OS/c1-3-7-10-11(4-2)18-13(15)12(10)14(17)16-8-5-6-9-16/h3-9,15H2,1-2H3. The summed E-state index contributed by atoms with van der Waals surface area (Å²) in [6.07, 6.45) is 5.24. The van der Waals surface area contributed by atoms with E-state index in [0.717, 1.165) is 50.8 Å². The lowest BCUT2D eigenvalue weighted by molar-refractivity contribution is 0.0793. The van der Waals surface area contributed by atoms with Gasteiger partial charge in [0.05, 0.1) is 10.6 Å². The van der Waals surface area contributed by atoms with Gasteiger partial charge in [0.1, 0.15) is 0 Å². The number of hydrogen-bond acceptors (Lipinski definition) is 3. The Balaban J connectivity index is 2.35.